The van der Waals surface area contributed by atoms with E-state index in [1.54, 1.807) is 0 Å². The maximum atomic E-state index is 12.0. The Morgan fingerprint density at radius 2 is 2.00 bits per heavy atom. The van der Waals surface area contributed by atoms with Gasteiger partial charge in [0.15, 0.2) is 0 Å². The Morgan fingerprint density at radius 3 is 2.76 bits per heavy atom. The first-order valence-corrected chi connectivity index (χ1v) is 6.93. The largest absolute Gasteiger partial charge is 0.388 e. The fraction of sp³-hybridized carbons (Fsp3) is 0.923. The van der Waals surface area contributed by atoms with E-state index in [9.17, 15) is 9.90 Å². The summed E-state index contributed by atoms with van der Waals surface area (Å²) >= 11 is 0. The number of hydrogen-bond donors (Lipinski definition) is 3. The zero-order valence-electron chi connectivity index (χ0n) is 10.5. The van der Waals surface area contributed by atoms with Gasteiger partial charge >= 0.3 is 0 Å². The van der Waals surface area contributed by atoms with Crippen LogP contribution < -0.4 is 10.6 Å². The number of carbonyl (C=O) groups is 1. The standard InChI is InChI=1S/C13H24N2O2/c16-12(11-6-2-1-5-9-14-11)15-10-13(17)7-3-4-8-13/h11,14,17H,1-10H2,(H,15,16). The molecule has 1 heterocycles. The molecule has 4 heteroatoms. The van der Waals surface area contributed by atoms with Crippen molar-refractivity contribution in [3.63, 3.8) is 0 Å². The van der Waals surface area contributed by atoms with E-state index < -0.39 is 5.60 Å². The number of rotatable bonds is 3. The topological polar surface area (TPSA) is 61.4 Å². The van der Waals surface area contributed by atoms with E-state index in [1.807, 2.05) is 0 Å². The SMILES string of the molecule is O=C(NCC1(O)CCCC1)C1CCCCCN1. The van der Waals surface area contributed by atoms with E-state index in [0.717, 1.165) is 51.5 Å². The van der Waals surface area contributed by atoms with Crippen LogP contribution in [0.5, 0.6) is 0 Å². The van der Waals surface area contributed by atoms with Gasteiger partial charge in [-0.25, -0.2) is 0 Å². The molecule has 98 valence electrons. The highest BCUT2D eigenvalue weighted by molar-refractivity contribution is 5.81. The van der Waals surface area contributed by atoms with Crippen LogP contribution >= 0.6 is 0 Å². The maximum absolute atomic E-state index is 12.0. The van der Waals surface area contributed by atoms with Gasteiger partial charge in [0.1, 0.15) is 0 Å². The highest BCUT2D eigenvalue weighted by Crippen LogP contribution is 2.28. The van der Waals surface area contributed by atoms with Crippen LogP contribution in [0.1, 0.15) is 51.4 Å². The van der Waals surface area contributed by atoms with E-state index in [4.69, 9.17) is 0 Å². The summed E-state index contributed by atoms with van der Waals surface area (Å²) in [5, 5.41) is 16.3. The van der Waals surface area contributed by atoms with Gasteiger partial charge in [0.25, 0.3) is 0 Å². The second-order valence-corrected chi connectivity index (χ2v) is 5.51. The Kier molecular flexibility index (Phi) is 4.40. The third-order valence-corrected chi connectivity index (χ3v) is 4.00. The molecule has 0 radical (unpaired) electrons. The van der Waals surface area contributed by atoms with Crippen molar-refractivity contribution in [1.82, 2.24) is 10.6 Å². The number of hydrogen-bond acceptors (Lipinski definition) is 3. The van der Waals surface area contributed by atoms with Gasteiger partial charge in [-0.2, -0.15) is 0 Å². The molecule has 0 spiro atoms. The summed E-state index contributed by atoms with van der Waals surface area (Å²) in [5.74, 6) is 0.0622. The molecule has 0 aromatic heterocycles. The Bertz CT molecular complexity index is 254. The van der Waals surface area contributed by atoms with Crippen molar-refractivity contribution in [2.24, 2.45) is 0 Å². The molecular formula is C13H24N2O2. The van der Waals surface area contributed by atoms with Crippen LogP contribution in [0.15, 0.2) is 0 Å². The van der Waals surface area contributed by atoms with Gasteiger partial charge in [-0.05, 0) is 32.2 Å². The molecule has 1 atom stereocenters. The van der Waals surface area contributed by atoms with Gasteiger partial charge in [-0.15, -0.1) is 0 Å². The summed E-state index contributed by atoms with van der Waals surface area (Å²) in [4.78, 5) is 12.0. The maximum Gasteiger partial charge on any atom is 0.237 e. The molecule has 17 heavy (non-hydrogen) atoms. The summed E-state index contributed by atoms with van der Waals surface area (Å²) in [6, 6.07) is -0.0532. The van der Waals surface area contributed by atoms with Gasteiger partial charge in [0, 0.05) is 6.54 Å². The molecule has 1 amide bonds. The molecule has 4 nitrogen and oxygen atoms in total. The molecule has 1 saturated carbocycles. The molecule has 3 N–H and O–H groups in total. The molecule has 1 aliphatic heterocycles. The summed E-state index contributed by atoms with van der Waals surface area (Å²) in [6.07, 6.45) is 8.22. The van der Waals surface area contributed by atoms with Gasteiger partial charge in [-0.1, -0.05) is 25.7 Å². The number of amides is 1. The van der Waals surface area contributed by atoms with Crippen molar-refractivity contribution >= 4 is 5.91 Å². The molecule has 0 bridgehead atoms. The molecule has 2 fully saturated rings. The zero-order valence-corrected chi connectivity index (χ0v) is 10.5. The second-order valence-electron chi connectivity index (χ2n) is 5.51. The number of nitrogens with one attached hydrogen (secondary N) is 2. The molecule has 0 aromatic rings. The van der Waals surface area contributed by atoms with Gasteiger partial charge in [0.05, 0.1) is 11.6 Å². The lowest BCUT2D eigenvalue weighted by Crippen LogP contribution is -2.48. The highest BCUT2D eigenvalue weighted by Gasteiger charge is 2.32. The van der Waals surface area contributed by atoms with Gasteiger partial charge in [-0.3, -0.25) is 4.79 Å². The Hall–Kier alpha value is -0.610. The molecule has 1 aliphatic carbocycles. The van der Waals surface area contributed by atoms with Crippen LogP contribution in [0.4, 0.5) is 0 Å². The number of aliphatic hydroxyl groups is 1. The van der Waals surface area contributed by atoms with E-state index in [2.05, 4.69) is 10.6 Å². The molecule has 1 saturated heterocycles. The lowest BCUT2D eigenvalue weighted by Gasteiger charge is -2.24. The summed E-state index contributed by atoms with van der Waals surface area (Å²) < 4.78 is 0. The number of carbonyl (C=O) groups excluding carboxylic acids is 1. The third-order valence-electron chi connectivity index (χ3n) is 4.00. The molecule has 2 aliphatic rings. The van der Waals surface area contributed by atoms with Crippen molar-refractivity contribution in [3.05, 3.63) is 0 Å². The van der Waals surface area contributed by atoms with E-state index >= 15 is 0 Å². The Labute approximate surface area is 103 Å². The third kappa shape index (κ3) is 3.68. The van der Waals surface area contributed by atoms with Crippen molar-refractivity contribution in [2.45, 2.75) is 63.0 Å². The van der Waals surface area contributed by atoms with Crippen LogP contribution in [0.2, 0.25) is 0 Å². The second kappa shape index (κ2) is 5.83. The quantitative estimate of drug-likeness (QED) is 0.688. The first-order chi connectivity index (χ1) is 8.20. The average Bonchev–Trinajstić information content (AvgIpc) is 2.60. The zero-order chi connectivity index (χ0) is 12.1. The van der Waals surface area contributed by atoms with Crippen LogP contribution in [-0.4, -0.2) is 35.7 Å². The Balaban J connectivity index is 1.75. The summed E-state index contributed by atoms with van der Waals surface area (Å²) in [5.41, 5.74) is -0.639. The summed E-state index contributed by atoms with van der Waals surface area (Å²) in [6.45, 7) is 1.35. The molecule has 0 aromatic carbocycles. The predicted octanol–water partition coefficient (Wildman–Crippen LogP) is 0.940. The van der Waals surface area contributed by atoms with Gasteiger partial charge < -0.3 is 15.7 Å². The molecule has 1 unspecified atom stereocenters. The minimum absolute atomic E-state index is 0.0532. The lowest BCUT2D eigenvalue weighted by atomic mass is 10.0. The van der Waals surface area contributed by atoms with Crippen LogP contribution in [0, 0.1) is 0 Å². The van der Waals surface area contributed by atoms with Crippen molar-refractivity contribution in [2.75, 3.05) is 13.1 Å². The van der Waals surface area contributed by atoms with Crippen LogP contribution in [0.3, 0.4) is 0 Å². The lowest BCUT2D eigenvalue weighted by molar-refractivity contribution is -0.124. The van der Waals surface area contributed by atoms with E-state index in [1.165, 1.54) is 6.42 Å². The van der Waals surface area contributed by atoms with Crippen molar-refractivity contribution < 1.29 is 9.90 Å². The fourth-order valence-electron chi connectivity index (χ4n) is 2.84. The van der Waals surface area contributed by atoms with Crippen molar-refractivity contribution in [3.8, 4) is 0 Å². The normalized spacial score (nSPS) is 28.6. The minimum Gasteiger partial charge on any atom is -0.388 e. The van der Waals surface area contributed by atoms with Gasteiger partial charge in [0.2, 0.25) is 5.91 Å². The average molecular weight is 240 g/mol. The van der Waals surface area contributed by atoms with Crippen LogP contribution in [0.25, 0.3) is 0 Å². The highest BCUT2D eigenvalue weighted by atomic mass is 16.3. The monoisotopic (exact) mass is 240 g/mol. The van der Waals surface area contributed by atoms with E-state index in [0.29, 0.717) is 6.54 Å². The minimum atomic E-state index is -0.639. The Morgan fingerprint density at radius 1 is 1.24 bits per heavy atom. The first kappa shape index (κ1) is 12.8. The first-order valence-electron chi connectivity index (χ1n) is 6.93. The smallest absolute Gasteiger partial charge is 0.237 e. The molecular weight excluding hydrogens is 216 g/mol. The fourth-order valence-corrected chi connectivity index (χ4v) is 2.84. The van der Waals surface area contributed by atoms with E-state index in [-0.39, 0.29) is 11.9 Å². The summed E-state index contributed by atoms with van der Waals surface area (Å²) in [7, 11) is 0. The predicted molar refractivity (Wildman–Crippen MR) is 66.7 cm³/mol. The van der Waals surface area contributed by atoms with Crippen molar-refractivity contribution in [1.29, 1.82) is 0 Å². The van der Waals surface area contributed by atoms with Crippen LogP contribution in [-0.2, 0) is 4.79 Å². The molecule has 2 rings (SSSR count).